The second-order valence-electron chi connectivity index (χ2n) is 7.30. The van der Waals surface area contributed by atoms with E-state index in [-0.39, 0.29) is 11.4 Å². The predicted molar refractivity (Wildman–Crippen MR) is 97.9 cm³/mol. The Bertz CT molecular complexity index is 739. The highest BCUT2D eigenvalue weighted by Gasteiger charge is 2.38. The van der Waals surface area contributed by atoms with Crippen LogP contribution in [-0.2, 0) is 7.05 Å². The molecule has 25 heavy (non-hydrogen) atoms. The number of benzene rings is 1. The number of likely N-dealkylation sites (tertiary alicyclic amines) is 1. The summed E-state index contributed by atoms with van der Waals surface area (Å²) >= 11 is 0. The zero-order valence-electron chi connectivity index (χ0n) is 15.3. The largest absolute Gasteiger partial charge is 0.478 e. The fourth-order valence-electron chi connectivity index (χ4n) is 3.48. The van der Waals surface area contributed by atoms with E-state index in [9.17, 15) is 4.79 Å². The molecule has 3 rings (SSSR count). The SMILES string of the molecule is COc1nn(C)cc1NC(=O)N1CCC(C)(C)C(c2ccccc2)C1. The molecule has 6 heteroatoms. The molecule has 0 aliphatic carbocycles. The van der Waals surface area contributed by atoms with Gasteiger partial charge in [0.15, 0.2) is 0 Å². The minimum Gasteiger partial charge on any atom is -0.478 e. The van der Waals surface area contributed by atoms with E-state index >= 15 is 0 Å². The number of anilines is 1. The predicted octanol–water partition coefficient (Wildman–Crippen LogP) is 3.48. The Kier molecular flexibility index (Phi) is 4.70. The van der Waals surface area contributed by atoms with Crippen LogP contribution in [0.25, 0.3) is 0 Å². The van der Waals surface area contributed by atoms with E-state index in [4.69, 9.17) is 4.74 Å². The van der Waals surface area contributed by atoms with Crippen LogP contribution in [0.1, 0.15) is 31.7 Å². The van der Waals surface area contributed by atoms with Crippen molar-refractivity contribution in [1.82, 2.24) is 14.7 Å². The van der Waals surface area contributed by atoms with Crippen LogP contribution in [0.3, 0.4) is 0 Å². The van der Waals surface area contributed by atoms with Crippen molar-refractivity contribution in [2.24, 2.45) is 12.5 Å². The average molecular weight is 342 g/mol. The van der Waals surface area contributed by atoms with Crippen LogP contribution in [-0.4, -0.2) is 40.9 Å². The van der Waals surface area contributed by atoms with Gasteiger partial charge in [0.05, 0.1) is 13.3 Å². The zero-order valence-corrected chi connectivity index (χ0v) is 15.3. The van der Waals surface area contributed by atoms with Gasteiger partial charge in [-0.2, -0.15) is 0 Å². The van der Waals surface area contributed by atoms with Gasteiger partial charge in [0.25, 0.3) is 5.88 Å². The Balaban J connectivity index is 1.75. The van der Waals surface area contributed by atoms with Crippen LogP contribution in [0.2, 0.25) is 0 Å². The number of hydrogen-bond acceptors (Lipinski definition) is 3. The van der Waals surface area contributed by atoms with Gasteiger partial charge in [0, 0.05) is 26.1 Å². The van der Waals surface area contributed by atoms with Crippen molar-refractivity contribution < 1.29 is 9.53 Å². The highest BCUT2D eigenvalue weighted by Crippen LogP contribution is 2.42. The maximum absolute atomic E-state index is 12.8. The number of urea groups is 1. The maximum Gasteiger partial charge on any atom is 0.322 e. The van der Waals surface area contributed by atoms with Gasteiger partial charge < -0.3 is 15.0 Å². The smallest absolute Gasteiger partial charge is 0.322 e. The third-order valence-corrected chi connectivity index (χ3v) is 5.09. The monoisotopic (exact) mass is 342 g/mol. The second-order valence-corrected chi connectivity index (χ2v) is 7.30. The summed E-state index contributed by atoms with van der Waals surface area (Å²) in [7, 11) is 3.35. The molecule has 1 N–H and O–H groups in total. The summed E-state index contributed by atoms with van der Waals surface area (Å²) in [5.74, 6) is 0.733. The minimum absolute atomic E-state index is 0.109. The molecule has 1 aromatic carbocycles. The number of methoxy groups -OCH3 is 1. The fraction of sp³-hybridized carbons (Fsp3) is 0.474. The topological polar surface area (TPSA) is 59.4 Å². The normalized spacial score (nSPS) is 19.5. The average Bonchev–Trinajstić information content (AvgIpc) is 2.94. The molecule has 0 spiro atoms. The summed E-state index contributed by atoms with van der Waals surface area (Å²) in [6.07, 6.45) is 2.71. The van der Waals surface area contributed by atoms with Crippen LogP contribution in [0.5, 0.6) is 5.88 Å². The first-order valence-corrected chi connectivity index (χ1v) is 8.59. The molecule has 2 amide bonds. The number of rotatable bonds is 3. The highest BCUT2D eigenvalue weighted by molar-refractivity contribution is 5.90. The van der Waals surface area contributed by atoms with Crippen molar-refractivity contribution in [3.63, 3.8) is 0 Å². The summed E-state index contributed by atoms with van der Waals surface area (Å²) in [5.41, 5.74) is 2.03. The van der Waals surface area contributed by atoms with Crippen molar-refractivity contribution in [2.75, 3.05) is 25.5 Å². The number of hydrogen-bond donors (Lipinski definition) is 1. The van der Waals surface area contributed by atoms with E-state index in [1.54, 1.807) is 25.0 Å². The molecule has 1 saturated heterocycles. The van der Waals surface area contributed by atoms with Crippen molar-refractivity contribution >= 4 is 11.7 Å². The lowest BCUT2D eigenvalue weighted by molar-refractivity contribution is 0.123. The first kappa shape index (κ1) is 17.3. The molecule has 1 atom stereocenters. The number of amides is 2. The molecule has 0 radical (unpaired) electrons. The third-order valence-electron chi connectivity index (χ3n) is 5.09. The Morgan fingerprint density at radius 1 is 1.32 bits per heavy atom. The van der Waals surface area contributed by atoms with Gasteiger partial charge >= 0.3 is 6.03 Å². The van der Waals surface area contributed by atoms with E-state index in [2.05, 4.69) is 48.5 Å². The number of nitrogens with one attached hydrogen (secondary N) is 1. The first-order valence-electron chi connectivity index (χ1n) is 8.59. The molecule has 134 valence electrons. The number of carbonyl (C=O) groups is 1. The van der Waals surface area contributed by atoms with Crippen LogP contribution >= 0.6 is 0 Å². The van der Waals surface area contributed by atoms with Gasteiger partial charge in [0.1, 0.15) is 5.69 Å². The van der Waals surface area contributed by atoms with E-state index in [1.165, 1.54) is 5.56 Å². The van der Waals surface area contributed by atoms with Crippen molar-refractivity contribution in [3.05, 3.63) is 42.1 Å². The Morgan fingerprint density at radius 2 is 2.04 bits per heavy atom. The van der Waals surface area contributed by atoms with Gasteiger partial charge in [-0.05, 0) is 17.4 Å². The summed E-state index contributed by atoms with van der Waals surface area (Å²) < 4.78 is 6.84. The molecule has 2 aromatic rings. The van der Waals surface area contributed by atoms with Crippen LogP contribution in [0, 0.1) is 5.41 Å². The maximum atomic E-state index is 12.8. The quantitative estimate of drug-likeness (QED) is 0.929. The summed E-state index contributed by atoms with van der Waals surface area (Å²) in [4.78, 5) is 14.6. The number of ether oxygens (including phenoxy) is 1. The Morgan fingerprint density at radius 3 is 2.72 bits per heavy atom. The first-order chi connectivity index (χ1) is 11.9. The van der Waals surface area contributed by atoms with Crippen LogP contribution in [0.15, 0.2) is 36.5 Å². The standard InChI is InChI=1S/C19H26N4O2/c1-19(2)10-11-23(12-15(19)14-8-6-5-7-9-14)18(24)20-16-13-22(3)21-17(16)25-4/h5-9,13,15H,10-12H2,1-4H3,(H,20,24). The van der Waals surface area contributed by atoms with Gasteiger partial charge in [-0.25, -0.2) is 4.79 Å². The number of aryl methyl sites for hydroxylation is 1. The lowest BCUT2D eigenvalue weighted by Crippen LogP contribution is -2.47. The van der Waals surface area contributed by atoms with E-state index in [1.807, 2.05) is 11.0 Å². The molecule has 1 fully saturated rings. The van der Waals surface area contributed by atoms with Gasteiger partial charge in [-0.3, -0.25) is 4.68 Å². The molecular weight excluding hydrogens is 316 g/mol. The molecule has 6 nitrogen and oxygen atoms in total. The Labute approximate surface area is 148 Å². The van der Waals surface area contributed by atoms with E-state index < -0.39 is 0 Å². The van der Waals surface area contributed by atoms with Crippen LogP contribution < -0.4 is 10.1 Å². The van der Waals surface area contributed by atoms with E-state index in [0.29, 0.717) is 24.0 Å². The number of nitrogens with zero attached hydrogens (tertiary/aromatic N) is 3. The summed E-state index contributed by atoms with van der Waals surface area (Å²) in [6.45, 7) is 6.00. The van der Waals surface area contributed by atoms with Crippen molar-refractivity contribution in [3.8, 4) is 5.88 Å². The molecule has 2 heterocycles. The minimum atomic E-state index is -0.109. The van der Waals surface area contributed by atoms with Crippen LogP contribution in [0.4, 0.5) is 10.5 Å². The van der Waals surface area contributed by atoms with Gasteiger partial charge in [-0.1, -0.05) is 44.2 Å². The molecule has 0 saturated carbocycles. The number of carbonyl (C=O) groups excluding carboxylic acids is 1. The Hall–Kier alpha value is -2.50. The lowest BCUT2D eigenvalue weighted by atomic mass is 9.70. The van der Waals surface area contributed by atoms with Gasteiger partial charge in [0.2, 0.25) is 0 Å². The number of piperidine rings is 1. The summed E-state index contributed by atoms with van der Waals surface area (Å²) in [5, 5.41) is 7.10. The molecule has 1 aliphatic heterocycles. The molecule has 0 bridgehead atoms. The van der Waals surface area contributed by atoms with Crippen molar-refractivity contribution in [1.29, 1.82) is 0 Å². The second kappa shape index (κ2) is 6.78. The molecule has 1 unspecified atom stereocenters. The molecular formula is C19H26N4O2. The van der Waals surface area contributed by atoms with Gasteiger partial charge in [-0.15, -0.1) is 5.10 Å². The van der Waals surface area contributed by atoms with Crippen molar-refractivity contribution in [2.45, 2.75) is 26.2 Å². The highest BCUT2D eigenvalue weighted by atomic mass is 16.5. The lowest BCUT2D eigenvalue weighted by Gasteiger charge is -2.44. The zero-order chi connectivity index (χ0) is 18.0. The molecule has 1 aromatic heterocycles. The fourth-order valence-corrected chi connectivity index (χ4v) is 3.48. The summed E-state index contributed by atoms with van der Waals surface area (Å²) in [6, 6.07) is 10.3. The number of aromatic nitrogens is 2. The third kappa shape index (κ3) is 3.62. The van der Waals surface area contributed by atoms with E-state index in [0.717, 1.165) is 13.0 Å². The molecule has 1 aliphatic rings.